The van der Waals surface area contributed by atoms with E-state index in [-0.39, 0.29) is 32.0 Å². The Kier molecular flexibility index (Phi) is 62.7. The molecule has 0 aromatic heterocycles. The maximum absolute atomic E-state index is 12.9. The summed E-state index contributed by atoms with van der Waals surface area (Å²) in [6.07, 6.45) is 95.2. The van der Waals surface area contributed by atoms with Gasteiger partial charge in [-0.05, 0) is 116 Å². The van der Waals surface area contributed by atoms with Gasteiger partial charge in [0.1, 0.15) is 19.8 Å². The number of esters is 2. The summed E-state index contributed by atoms with van der Waals surface area (Å²) in [7, 11) is 1.14. The molecule has 0 rings (SSSR count). The Labute approximate surface area is 530 Å². The fourth-order valence-corrected chi connectivity index (χ4v) is 10.1. The number of phosphoric ester groups is 1. The van der Waals surface area contributed by atoms with Gasteiger partial charge in [-0.2, -0.15) is 0 Å². The zero-order chi connectivity index (χ0) is 62.6. The van der Waals surface area contributed by atoms with Crippen LogP contribution in [0.3, 0.4) is 0 Å². The highest BCUT2D eigenvalue weighted by atomic mass is 31.2. The molecular weight excluding hydrogens is 1090 g/mol. The van der Waals surface area contributed by atoms with Crippen molar-refractivity contribution in [1.82, 2.24) is 0 Å². The third kappa shape index (κ3) is 69.3. The number of allylic oxidation sites excluding steroid dienone is 22. The SMILES string of the molecule is CC/C=C\C/C=C\C/C=C\C/C=C\C/C=C\C/C=C\C/C=C\C/C=C\CCCCCCCCC(=O)OC(COC(=O)CCCCCCCCCCCCCCCCCC/C=C\C/C=C\C/C=C\CCCCCCC)COP(=O)([O-])OCC[N+](C)(C)C. The van der Waals surface area contributed by atoms with E-state index in [1.807, 2.05) is 21.1 Å². The lowest BCUT2D eigenvalue weighted by Gasteiger charge is -2.28. The Bertz CT molecular complexity index is 1910. The van der Waals surface area contributed by atoms with E-state index in [0.717, 1.165) is 122 Å². The van der Waals surface area contributed by atoms with Crippen LogP contribution in [0.5, 0.6) is 0 Å². The summed E-state index contributed by atoms with van der Waals surface area (Å²) in [5.41, 5.74) is 0. The van der Waals surface area contributed by atoms with Crippen molar-refractivity contribution in [2.24, 2.45) is 0 Å². The second kappa shape index (κ2) is 65.6. The zero-order valence-corrected chi connectivity index (χ0v) is 56.9. The highest BCUT2D eigenvalue weighted by Gasteiger charge is 2.22. The predicted molar refractivity (Wildman–Crippen MR) is 369 cm³/mol. The van der Waals surface area contributed by atoms with Crippen molar-refractivity contribution < 1.29 is 42.1 Å². The number of carbonyl (C=O) groups excluding carboxylic acids is 2. The molecule has 2 unspecified atom stereocenters. The van der Waals surface area contributed by atoms with Crippen LogP contribution >= 0.6 is 7.82 Å². The molecule has 0 aromatic carbocycles. The summed E-state index contributed by atoms with van der Waals surface area (Å²) < 4.78 is 34.3. The molecule has 0 N–H and O–H groups in total. The molecule has 0 saturated carbocycles. The summed E-state index contributed by atoms with van der Waals surface area (Å²) in [6, 6.07) is 0. The van der Waals surface area contributed by atoms with Gasteiger partial charge in [-0.1, -0.05) is 289 Å². The number of unbranched alkanes of at least 4 members (excludes halogenated alkanes) is 27. The second-order valence-corrected chi connectivity index (χ2v) is 25.6. The van der Waals surface area contributed by atoms with Gasteiger partial charge in [0.05, 0.1) is 27.7 Å². The second-order valence-electron chi connectivity index (χ2n) is 24.2. The fourth-order valence-electron chi connectivity index (χ4n) is 9.33. The topological polar surface area (TPSA) is 111 Å². The summed E-state index contributed by atoms with van der Waals surface area (Å²) in [5.74, 6) is -0.852. The minimum absolute atomic E-state index is 0.0402. The molecule has 492 valence electrons. The first kappa shape index (κ1) is 82.1. The average molecular weight is 1220 g/mol. The first-order chi connectivity index (χ1) is 42.0. The quantitative estimate of drug-likeness (QED) is 0.0195. The molecule has 0 radical (unpaired) electrons. The van der Waals surface area contributed by atoms with Gasteiger partial charge < -0.3 is 27.9 Å². The van der Waals surface area contributed by atoms with Crippen molar-refractivity contribution in [2.75, 3.05) is 47.5 Å². The molecule has 0 fully saturated rings. The first-order valence-electron chi connectivity index (χ1n) is 34.9. The van der Waals surface area contributed by atoms with Gasteiger partial charge in [0.25, 0.3) is 7.82 Å². The van der Waals surface area contributed by atoms with Gasteiger partial charge in [-0.3, -0.25) is 14.2 Å². The number of likely N-dealkylation sites (N-methyl/N-ethyl adjacent to an activating group) is 1. The number of nitrogens with zero attached hydrogens (tertiary/aromatic N) is 1. The van der Waals surface area contributed by atoms with E-state index in [1.165, 1.54) is 128 Å². The summed E-state index contributed by atoms with van der Waals surface area (Å²) >= 11 is 0. The molecule has 86 heavy (non-hydrogen) atoms. The molecule has 0 aromatic rings. The molecule has 0 heterocycles. The fraction of sp³-hybridized carbons (Fsp3) is 0.684. The molecule has 0 aliphatic heterocycles. The van der Waals surface area contributed by atoms with Crippen LogP contribution in [-0.4, -0.2) is 70.0 Å². The first-order valence-corrected chi connectivity index (χ1v) is 36.4. The molecule has 10 heteroatoms. The molecule has 0 saturated heterocycles. The monoisotopic (exact) mass is 1220 g/mol. The van der Waals surface area contributed by atoms with Crippen molar-refractivity contribution in [3.05, 3.63) is 134 Å². The Hall–Kier alpha value is -3.85. The molecule has 9 nitrogen and oxygen atoms in total. The number of phosphoric acid groups is 1. The lowest BCUT2D eigenvalue weighted by Crippen LogP contribution is -2.37. The standard InChI is InChI=1S/C76H130NO8P/c1-6-8-10-12-14-16-18-20-22-24-26-28-30-32-34-36-38-40-42-44-46-48-50-52-54-56-58-60-62-64-66-68-75(78)82-72-74(73-84-86(80,81)83-71-70-77(3,4)5)85-76(79)69-67-65-63-61-59-57-55-53-51-49-47-45-43-41-39-37-35-33-31-29-27-25-23-21-19-17-15-13-11-9-7-2/h9,11,15,17-18,20-21,23-24,26-27,29-30,32-33,35,39,41,45,47,51,53,74H,6-8,10,12-14,16,19,22,25,28,31,34,36-38,40,42-44,46,48-50,52,54-73H2,1-5H3/b11-9-,17-15-,20-18-,23-21-,26-24-,29-27-,32-30-,35-33-,41-39-,47-45-,53-51-. The number of hydrogen-bond acceptors (Lipinski definition) is 8. The van der Waals surface area contributed by atoms with Crippen LogP contribution in [-0.2, 0) is 32.7 Å². The smallest absolute Gasteiger partial charge is 0.306 e. The lowest BCUT2D eigenvalue weighted by atomic mass is 10.0. The molecule has 2 atom stereocenters. The largest absolute Gasteiger partial charge is 0.756 e. The van der Waals surface area contributed by atoms with E-state index < -0.39 is 26.5 Å². The Morgan fingerprint density at radius 1 is 0.372 bits per heavy atom. The molecule has 0 amide bonds. The normalized spacial score (nSPS) is 14.0. The van der Waals surface area contributed by atoms with Crippen LogP contribution in [0.1, 0.15) is 284 Å². The average Bonchev–Trinajstić information content (AvgIpc) is 3.56. The molecule has 0 spiro atoms. The summed E-state index contributed by atoms with van der Waals surface area (Å²) in [4.78, 5) is 38.1. The van der Waals surface area contributed by atoms with E-state index >= 15 is 0 Å². The van der Waals surface area contributed by atoms with Gasteiger partial charge >= 0.3 is 11.9 Å². The van der Waals surface area contributed by atoms with Crippen molar-refractivity contribution in [1.29, 1.82) is 0 Å². The van der Waals surface area contributed by atoms with Crippen molar-refractivity contribution in [3.8, 4) is 0 Å². The number of hydrogen-bond donors (Lipinski definition) is 0. The number of rotatable bonds is 63. The Morgan fingerprint density at radius 3 is 0.988 bits per heavy atom. The van der Waals surface area contributed by atoms with Gasteiger partial charge in [0.15, 0.2) is 6.10 Å². The maximum atomic E-state index is 12.9. The molecule has 0 bridgehead atoms. The van der Waals surface area contributed by atoms with E-state index in [9.17, 15) is 19.0 Å². The minimum Gasteiger partial charge on any atom is -0.756 e. The summed E-state index contributed by atoms with van der Waals surface area (Å²) in [5, 5.41) is 0. The van der Waals surface area contributed by atoms with Crippen LogP contribution in [0.25, 0.3) is 0 Å². The zero-order valence-electron chi connectivity index (χ0n) is 56.0. The van der Waals surface area contributed by atoms with E-state index in [4.69, 9.17) is 18.5 Å². The van der Waals surface area contributed by atoms with Crippen molar-refractivity contribution >= 4 is 19.8 Å². The Balaban J connectivity index is 4.13. The van der Waals surface area contributed by atoms with Gasteiger partial charge in [0.2, 0.25) is 0 Å². The Morgan fingerprint density at radius 2 is 0.663 bits per heavy atom. The van der Waals surface area contributed by atoms with Crippen LogP contribution in [0.4, 0.5) is 0 Å². The van der Waals surface area contributed by atoms with Crippen LogP contribution in [0.15, 0.2) is 134 Å². The summed E-state index contributed by atoms with van der Waals surface area (Å²) in [6.45, 7) is 4.10. The van der Waals surface area contributed by atoms with Crippen molar-refractivity contribution in [2.45, 2.75) is 290 Å². The molecule has 0 aliphatic carbocycles. The number of quaternary nitrogens is 1. The van der Waals surface area contributed by atoms with Crippen LogP contribution in [0.2, 0.25) is 0 Å². The number of ether oxygens (including phenoxy) is 2. The van der Waals surface area contributed by atoms with Gasteiger partial charge in [-0.25, -0.2) is 0 Å². The maximum Gasteiger partial charge on any atom is 0.306 e. The molecular formula is C76H130NO8P. The van der Waals surface area contributed by atoms with E-state index in [1.54, 1.807) is 0 Å². The van der Waals surface area contributed by atoms with E-state index in [0.29, 0.717) is 17.4 Å². The van der Waals surface area contributed by atoms with E-state index in [2.05, 4.69) is 148 Å². The van der Waals surface area contributed by atoms with Gasteiger partial charge in [-0.15, -0.1) is 0 Å². The lowest BCUT2D eigenvalue weighted by molar-refractivity contribution is -0.870. The highest BCUT2D eigenvalue weighted by molar-refractivity contribution is 7.45. The highest BCUT2D eigenvalue weighted by Crippen LogP contribution is 2.38. The predicted octanol–water partition coefficient (Wildman–Crippen LogP) is 22.2. The van der Waals surface area contributed by atoms with Crippen LogP contribution in [0, 0.1) is 0 Å². The third-order valence-corrected chi connectivity index (χ3v) is 15.6. The van der Waals surface area contributed by atoms with Crippen molar-refractivity contribution in [3.63, 3.8) is 0 Å². The molecule has 0 aliphatic rings. The third-order valence-electron chi connectivity index (χ3n) is 14.7. The van der Waals surface area contributed by atoms with Crippen LogP contribution < -0.4 is 4.89 Å². The van der Waals surface area contributed by atoms with Gasteiger partial charge in [0, 0.05) is 12.8 Å². The number of carbonyl (C=O) groups is 2. The minimum atomic E-state index is -4.66.